The van der Waals surface area contributed by atoms with Gasteiger partial charge in [0.05, 0.1) is 6.61 Å². The molecule has 1 aliphatic rings. The zero-order valence-corrected chi connectivity index (χ0v) is 11.3. The average Bonchev–Trinajstić information content (AvgIpc) is 2.25. The van der Waals surface area contributed by atoms with Crippen LogP contribution < -0.4 is 0 Å². The van der Waals surface area contributed by atoms with E-state index in [0.29, 0.717) is 23.2 Å². The van der Waals surface area contributed by atoms with Gasteiger partial charge in [-0.3, -0.25) is 4.79 Å². The summed E-state index contributed by atoms with van der Waals surface area (Å²) in [6, 6.07) is 5.59. The molecule has 0 radical (unpaired) electrons. The summed E-state index contributed by atoms with van der Waals surface area (Å²) in [7, 11) is 0. The van der Waals surface area contributed by atoms with Gasteiger partial charge in [0.2, 0.25) is 0 Å². The third kappa shape index (κ3) is 2.68. The lowest BCUT2D eigenvalue weighted by molar-refractivity contribution is 0.0525. The number of amides is 1. The van der Waals surface area contributed by atoms with Gasteiger partial charge in [-0.15, -0.1) is 0 Å². The van der Waals surface area contributed by atoms with Crippen LogP contribution in [0.2, 0.25) is 5.02 Å². The van der Waals surface area contributed by atoms with E-state index in [-0.39, 0.29) is 12.5 Å². The second kappa shape index (κ2) is 5.72. The monoisotopic (exact) mass is 267 g/mol. The van der Waals surface area contributed by atoms with Crippen molar-refractivity contribution in [1.82, 2.24) is 4.90 Å². The summed E-state index contributed by atoms with van der Waals surface area (Å²) in [6.07, 6.45) is 3.25. The van der Waals surface area contributed by atoms with Crippen LogP contribution >= 0.6 is 11.6 Å². The third-order valence-corrected chi connectivity index (χ3v) is 3.77. The number of hydrogen-bond acceptors (Lipinski definition) is 2. The lowest BCUT2D eigenvalue weighted by atomic mass is 9.90. The Bertz CT molecular complexity index is 443. The van der Waals surface area contributed by atoms with Gasteiger partial charge in [0.1, 0.15) is 0 Å². The van der Waals surface area contributed by atoms with Gasteiger partial charge in [0.15, 0.2) is 0 Å². The molecule has 2 rings (SSSR count). The number of aliphatic hydroxyl groups is 1. The molecule has 0 unspecified atom stereocenters. The Kier molecular flexibility index (Phi) is 4.25. The Hall–Kier alpha value is -1.06. The summed E-state index contributed by atoms with van der Waals surface area (Å²) in [5.41, 5.74) is 1.56. The molecule has 4 heteroatoms. The summed E-state index contributed by atoms with van der Waals surface area (Å²) < 4.78 is 0. The number of carbonyl (C=O) groups is 1. The van der Waals surface area contributed by atoms with E-state index in [2.05, 4.69) is 0 Å². The maximum Gasteiger partial charge on any atom is 0.254 e. The highest BCUT2D eigenvalue weighted by Gasteiger charge is 2.29. The second-order valence-electron chi connectivity index (χ2n) is 4.77. The van der Waals surface area contributed by atoms with Crippen LogP contribution in [0, 0.1) is 6.92 Å². The summed E-state index contributed by atoms with van der Waals surface area (Å²) >= 11 is 5.90. The third-order valence-electron chi connectivity index (χ3n) is 3.54. The number of benzene rings is 1. The van der Waals surface area contributed by atoms with Crippen LogP contribution in [0.5, 0.6) is 0 Å². The van der Waals surface area contributed by atoms with Crippen molar-refractivity contribution in [3.63, 3.8) is 0 Å². The van der Waals surface area contributed by atoms with Gasteiger partial charge in [-0.1, -0.05) is 11.6 Å². The Labute approximate surface area is 112 Å². The van der Waals surface area contributed by atoms with Crippen LogP contribution in [0.3, 0.4) is 0 Å². The second-order valence-corrected chi connectivity index (χ2v) is 5.20. The fourth-order valence-corrected chi connectivity index (χ4v) is 2.50. The minimum atomic E-state index is 0.00270. The van der Waals surface area contributed by atoms with E-state index in [4.69, 9.17) is 16.7 Å². The number of halogens is 1. The zero-order valence-electron chi connectivity index (χ0n) is 10.5. The van der Waals surface area contributed by atoms with E-state index in [1.165, 1.54) is 6.42 Å². The maximum atomic E-state index is 12.5. The van der Waals surface area contributed by atoms with Crippen molar-refractivity contribution in [3.8, 4) is 0 Å². The molecule has 18 heavy (non-hydrogen) atoms. The highest BCUT2D eigenvalue weighted by Crippen LogP contribution is 2.27. The Morgan fingerprint density at radius 3 is 2.72 bits per heavy atom. The van der Waals surface area contributed by atoms with Gasteiger partial charge >= 0.3 is 0 Å². The summed E-state index contributed by atoms with van der Waals surface area (Å²) in [5, 5.41) is 9.74. The first-order valence-corrected chi connectivity index (χ1v) is 6.69. The normalized spacial score (nSPS) is 15.3. The summed E-state index contributed by atoms with van der Waals surface area (Å²) in [4.78, 5) is 14.3. The largest absolute Gasteiger partial charge is 0.395 e. The van der Waals surface area contributed by atoms with Crippen molar-refractivity contribution in [2.24, 2.45) is 0 Å². The molecule has 98 valence electrons. The molecule has 1 fully saturated rings. The van der Waals surface area contributed by atoms with Crippen molar-refractivity contribution in [2.45, 2.75) is 32.2 Å². The molecule has 1 N–H and O–H groups in total. The molecular weight excluding hydrogens is 250 g/mol. The van der Waals surface area contributed by atoms with E-state index in [1.54, 1.807) is 23.1 Å². The zero-order chi connectivity index (χ0) is 13.1. The quantitative estimate of drug-likeness (QED) is 0.911. The predicted molar refractivity (Wildman–Crippen MR) is 72.0 cm³/mol. The molecule has 1 saturated carbocycles. The molecule has 1 aromatic rings. The molecule has 1 amide bonds. The molecule has 3 nitrogen and oxygen atoms in total. The topological polar surface area (TPSA) is 40.5 Å². The smallest absolute Gasteiger partial charge is 0.254 e. The predicted octanol–water partition coefficient (Wildman–Crippen LogP) is 2.64. The van der Waals surface area contributed by atoms with Crippen LogP contribution in [0.1, 0.15) is 35.2 Å². The molecule has 0 aliphatic heterocycles. The Morgan fingerprint density at radius 2 is 2.22 bits per heavy atom. The molecule has 1 aliphatic carbocycles. The van der Waals surface area contributed by atoms with Gasteiger partial charge in [0, 0.05) is 23.2 Å². The van der Waals surface area contributed by atoms with E-state index in [9.17, 15) is 4.79 Å². The lowest BCUT2D eigenvalue weighted by Gasteiger charge is -2.37. The van der Waals surface area contributed by atoms with E-state index in [1.807, 2.05) is 6.92 Å². The minimum Gasteiger partial charge on any atom is -0.395 e. The maximum absolute atomic E-state index is 12.5. The van der Waals surface area contributed by atoms with Crippen LogP contribution in [0.4, 0.5) is 0 Å². The van der Waals surface area contributed by atoms with E-state index < -0.39 is 0 Å². The fraction of sp³-hybridized carbons (Fsp3) is 0.500. The van der Waals surface area contributed by atoms with E-state index >= 15 is 0 Å². The molecule has 0 atom stereocenters. The SMILES string of the molecule is Cc1cc(Cl)ccc1C(=O)N(CCO)C1CCC1. The first-order valence-electron chi connectivity index (χ1n) is 6.31. The fourth-order valence-electron chi connectivity index (χ4n) is 2.28. The first-order chi connectivity index (χ1) is 8.63. The van der Waals surface area contributed by atoms with Crippen molar-refractivity contribution in [1.29, 1.82) is 0 Å². The number of aryl methyl sites for hydroxylation is 1. The van der Waals surface area contributed by atoms with Gasteiger partial charge in [0.25, 0.3) is 5.91 Å². The molecule has 0 heterocycles. The van der Waals surface area contributed by atoms with Crippen LogP contribution in [0.25, 0.3) is 0 Å². The molecule has 0 aromatic heterocycles. The lowest BCUT2D eigenvalue weighted by Crippen LogP contribution is -2.45. The summed E-state index contributed by atoms with van der Waals surface area (Å²) in [6.45, 7) is 2.30. The van der Waals surface area contributed by atoms with Gasteiger partial charge < -0.3 is 10.0 Å². The highest BCUT2D eigenvalue weighted by atomic mass is 35.5. The minimum absolute atomic E-state index is 0.00270. The van der Waals surface area contributed by atoms with Crippen molar-refractivity contribution in [2.75, 3.05) is 13.2 Å². The summed E-state index contributed by atoms with van der Waals surface area (Å²) in [5.74, 6) is 0.00270. The van der Waals surface area contributed by atoms with Crippen molar-refractivity contribution in [3.05, 3.63) is 34.3 Å². The average molecular weight is 268 g/mol. The number of nitrogens with zero attached hydrogens (tertiary/aromatic N) is 1. The Balaban J connectivity index is 2.21. The van der Waals surface area contributed by atoms with Gasteiger partial charge in [-0.05, 0) is 49.9 Å². The highest BCUT2D eigenvalue weighted by molar-refractivity contribution is 6.30. The van der Waals surface area contributed by atoms with Crippen molar-refractivity contribution >= 4 is 17.5 Å². The van der Waals surface area contributed by atoms with Gasteiger partial charge in [-0.2, -0.15) is 0 Å². The standard InChI is InChI=1S/C14H18ClNO2/c1-10-9-11(15)5-6-13(10)14(18)16(7-8-17)12-3-2-4-12/h5-6,9,12,17H,2-4,7-8H2,1H3. The number of rotatable bonds is 4. The first kappa shape index (κ1) is 13.4. The number of hydrogen-bond donors (Lipinski definition) is 1. The molecule has 0 bridgehead atoms. The molecule has 0 saturated heterocycles. The van der Waals surface area contributed by atoms with Crippen LogP contribution in [-0.2, 0) is 0 Å². The molecule has 0 spiro atoms. The van der Waals surface area contributed by atoms with Crippen LogP contribution in [0.15, 0.2) is 18.2 Å². The van der Waals surface area contributed by atoms with Crippen molar-refractivity contribution < 1.29 is 9.90 Å². The van der Waals surface area contributed by atoms with Gasteiger partial charge in [-0.25, -0.2) is 0 Å². The molecular formula is C14H18ClNO2. The number of aliphatic hydroxyl groups excluding tert-OH is 1. The Morgan fingerprint density at radius 1 is 1.50 bits per heavy atom. The number of carbonyl (C=O) groups excluding carboxylic acids is 1. The van der Waals surface area contributed by atoms with E-state index in [0.717, 1.165) is 18.4 Å². The van der Waals surface area contributed by atoms with Crippen LogP contribution in [-0.4, -0.2) is 35.1 Å². The molecule has 1 aromatic carbocycles.